The molecule has 3 aromatic rings. The summed E-state index contributed by atoms with van der Waals surface area (Å²) in [5.41, 5.74) is 1.57. The quantitative estimate of drug-likeness (QED) is 0.663. The number of carbonyl (C=O) groups excluding carboxylic acids is 1. The van der Waals surface area contributed by atoms with Gasteiger partial charge in [0.2, 0.25) is 0 Å². The summed E-state index contributed by atoms with van der Waals surface area (Å²) >= 11 is 0. The van der Waals surface area contributed by atoms with Crippen LogP contribution < -0.4 is 4.74 Å². The molecule has 0 aromatic heterocycles. The van der Waals surface area contributed by atoms with Gasteiger partial charge < -0.3 is 4.74 Å². The molecule has 0 unspecified atom stereocenters. The Morgan fingerprint density at radius 1 is 1.00 bits per heavy atom. The number of rotatable bonds is 4. The molecule has 3 aromatic carbocycles. The summed E-state index contributed by atoms with van der Waals surface area (Å²) in [6.45, 7) is 0.374. The third-order valence-electron chi connectivity index (χ3n) is 3.33. The minimum absolute atomic E-state index is 0.258. The molecule has 0 bridgehead atoms. The van der Waals surface area contributed by atoms with E-state index in [0.717, 1.165) is 28.4 Å². The van der Waals surface area contributed by atoms with Gasteiger partial charge in [-0.25, -0.2) is 4.39 Å². The lowest BCUT2D eigenvalue weighted by Gasteiger charge is -2.08. The van der Waals surface area contributed by atoms with Gasteiger partial charge in [-0.15, -0.1) is 0 Å². The van der Waals surface area contributed by atoms with E-state index in [4.69, 9.17) is 4.74 Å². The van der Waals surface area contributed by atoms with E-state index in [-0.39, 0.29) is 5.82 Å². The number of hydrogen-bond acceptors (Lipinski definition) is 2. The van der Waals surface area contributed by atoms with Crippen molar-refractivity contribution < 1.29 is 13.9 Å². The van der Waals surface area contributed by atoms with Crippen molar-refractivity contribution in [3.8, 4) is 5.75 Å². The maximum absolute atomic E-state index is 12.8. The van der Waals surface area contributed by atoms with Gasteiger partial charge in [0.15, 0.2) is 6.29 Å². The molecule has 3 heteroatoms. The number of fused-ring (bicyclic) bond motifs is 1. The van der Waals surface area contributed by atoms with Crippen LogP contribution in [0, 0.1) is 5.82 Å². The smallest absolute Gasteiger partial charge is 0.150 e. The molecule has 0 saturated carbocycles. The summed E-state index contributed by atoms with van der Waals surface area (Å²) in [5.74, 6) is 0.459. The van der Waals surface area contributed by atoms with E-state index < -0.39 is 0 Å². The summed E-state index contributed by atoms with van der Waals surface area (Å²) < 4.78 is 18.5. The monoisotopic (exact) mass is 280 g/mol. The molecule has 0 radical (unpaired) electrons. The average Bonchev–Trinajstić information content (AvgIpc) is 2.53. The van der Waals surface area contributed by atoms with Gasteiger partial charge in [0.25, 0.3) is 0 Å². The fourth-order valence-corrected chi connectivity index (χ4v) is 2.23. The van der Waals surface area contributed by atoms with Crippen molar-refractivity contribution in [2.24, 2.45) is 0 Å². The Morgan fingerprint density at radius 3 is 2.57 bits per heavy atom. The van der Waals surface area contributed by atoms with Crippen molar-refractivity contribution in [1.82, 2.24) is 0 Å². The number of aldehydes is 1. The molecular formula is C18H13FO2. The minimum atomic E-state index is -0.258. The average molecular weight is 280 g/mol. The zero-order valence-corrected chi connectivity index (χ0v) is 11.3. The lowest BCUT2D eigenvalue weighted by atomic mass is 10.1. The van der Waals surface area contributed by atoms with Crippen LogP contribution in [-0.2, 0) is 6.61 Å². The van der Waals surface area contributed by atoms with Gasteiger partial charge in [-0.3, -0.25) is 4.79 Å². The first-order chi connectivity index (χ1) is 10.3. The molecule has 0 saturated heterocycles. The van der Waals surface area contributed by atoms with Crippen molar-refractivity contribution in [1.29, 1.82) is 0 Å². The molecule has 2 nitrogen and oxygen atoms in total. The lowest BCUT2D eigenvalue weighted by Crippen LogP contribution is -1.95. The zero-order chi connectivity index (χ0) is 14.7. The van der Waals surface area contributed by atoms with Crippen molar-refractivity contribution >= 4 is 17.1 Å². The SMILES string of the molecule is O=Cc1cccc2cc(OCc3ccc(F)cc3)ccc12. The molecule has 0 aliphatic rings. The minimum Gasteiger partial charge on any atom is -0.489 e. The Hall–Kier alpha value is -2.68. The second-order valence-electron chi connectivity index (χ2n) is 4.76. The lowest BCUT2D eigenvalue weighted by molar-refractivity contribution is 0.112. The maximum atomic E-state index is 12.8. The molecule has 0 aliphatic heterocycles. The second kappa shape index (κ2) is 5.75. The second-order valence-corrected chi connectivity index (χ2v) is 4.76. The first-order valence-corrected chi connectivity index (χ1v) is 6.61. The Kier molecular flexibility index (Phi) is 3.65. The largest absolute Gasteiger partial charge is 0.489 e. The predicted octanol–water partition coefficient (Wildman–Crippen LogP) is 4.37. The van der Waals surface area contributed by atoms with Crippen molar-refractivity contribution in [3.63, 3.8) is 0 Å². The van der Waals surface area contributed by atoms with Crippen LogP contribution in [0.3, 0.4) is 0 Å². The van der Waals surface area contributed by atoms with Crippen molar-refractivity contribution in [2.75, 3.05) is 0 Å². The highest BCUT2D eigenvalue weighted by Gasteiger charge is 2.02. The van der Waals surface area contributed by atoms with Crippen LogP contribution in [0.25, 0.3) is 10.8 Å². The highest BCUT2D eigenvalue weighted by molar-refractivity contribution is 5.98. The predicted molar refractivity (Wildman–Crippen MR) is 80.1 cm³/mol. The van der Waals surface area contributed by atoms with Crippen LogP contribution in [0.15, 0.2) is 60.7 Å². The van der Waals surface area contributed by atoms with Gasteiger partial charge in [-0.2, -0.15) is 0 Å². The van der Waals surface area contributed by atoms with Crippen LogP contribution in [0.4, 0.5) is 4.39 Å². The number of halogens is 1. The first kappa shape index (κ1) is 13.3. The summed E-state index contributed by atoms with van der Waals surface area (Å²) in [6, 6.07) is 17.4. The Morgan fingerprint density at radius 2 is 1.81 bits per heavy atom. The van der Waals surface area contributed by atoms with E-state index >= 15 is 0 Å². The van der Waals surface area contributed by atoms with Crippen LogP contribution >= 0.6 is 0 Å². The van der Waals surface area contributed by atoms with Crippen molar-refractivity contribution in [3.05, 3.63) is 77.6 Å². The molecule has 21 heavy (non-hydrogen) atoms. The number of ether oxygens (including phenoxy) is 1. The van der Waals surface area contributed by atoms with Gasteiger partial charge in [-0.1, -0.05) is 30.3 Å². The molecule has 104 valence electrons. The third-order valence-corrected chi connectivity index (χ3v) is 3.33. The summed E-state index contributed by atoms with van der Waals surface area (Å²) in [4.78, 5) is 11.0. The van der Waals surface area contributed by atoms with Crippen LogP contribution in [0.2, 0.25) is 0 Å². The molecule has 0 aliphatic carbocycles. The normalized spacial score (nSPS) is 10.5. The molecule has 0 spiro atoms. The van der Waals surface area contributed by atoms with E-state index in [2.05, 4.69) is 0 Å². The van der Waals surface area contributed by atoms with Gasteiger partial charge in [-0.05, 0) is 46.7 Å². The summed E-state index contributed by atoms with van der Waals surface area (Å²) in [6.07, 6.45) is 0.849. The van der Waals surface area contributed by atoms with E-state index in [0.29, 0.717) is 12.2 Å². The van der Waals surface area contributed by atoms with E-state index in [9.17, 15) is 9.18 Å². The van der Waals surface area contributed by atoms with Gasteiger partial charge in [0.05, 0.1) is 0 Å². The fourth-order valence-electron chi connectivity index (χ4n) is 2.23. The van der Waals surface area contributed by atoms with Crippen LogP contribution in [0.5, 0.6) is 5.75 Å². The van der Waals surface area contributed by atoms with Crippen LogP contribution in [0.1, 0.15) is 15.9 Å². The van der Waals surface area contributed by atoms with Crippen LogP contribution in [-0.4, -0.2) is 6.29 Å². The molecular weight excluding hydrogens is 267 g/mol. The van der Waals surface area contributed by atoms with Gasteiger partial charge in [0.1, 0.15) is 18.2 Å². The van der Waals surface area contributed by atoms with E-state index in [1.54, 1.807) is 18.2 Å². The highest BCUT2D eigenvalue weighted by Crippen LogP contribution is 2.23. The number of carbonyl (C=O) groups is 1. The molecule has 0 atom stereocenters. The Balaban J connectivity index is 1.81. The Labute approximate surface area is 121 Å². The molecule has 0 fully saturated rings. The van der Waals surface area contributed by atoms with E-state index in [1.165, 1.54) is 12.1 Å². The maximum Gasteiger partial charge on any atom is 0.150 e. The number of benzene rings is 3. The first-order valence-electron chi connectivity index (χ1n) is 6.61. The standard InChI is InChI=1S/C18H13FO2/c19-16-6-4-13(5-7-16)12-21-17-8-9-18-14(10-17)2-1-3-15(18)11-20/h1-11H,12H2. The summed E-state index contributed by atoms with van der Waals surface area (Å²) in [7, 11) is 0. The topological polar surface area (TPSA) is 26.3 Å². The molecule has 3 rings (SSSR count). The van der Waals surface area contributed by atoms with E-state index in [1.807, 2.05) is 30.3 Å². The summed E-state index contributed by atoms with van der Waals surface area (Å²) in [5, 5.41) is 1.86. The molecule has 0 amide bonds. The highest BCUT2D eigenvalue weighted by atomic mass is 19.1. The Bertz CT molecular complexity index is 779. The molecule has 0 N–H and O–H groups in total. The van der Waals surface area contributed by atoms with Gasteiger partial charge >= 0.3 is 0 Å². The zero-order valence-electron chi connectivity index (χ0n) is 11.3. The fraction of sp³-hybridized carbons (Fsp3) is 0.0556. The third kappa shape index (κ3) is 2.92. The van der Waals surface area contributed by atoms with Crippen molar-refractivity contribution in [2.45, 2.75) is 6.61 Å². The van der Waals surface area contributed by atoms with Gasteiger partial charge in [0, 0.05) is 5.56 Å². The molecule has 0 heterocycles. The number of hydrogen-bond donors (Lipinski definition) is 0.